The average molecular weight is 340 g/mol. The number of nitrogens with one attached hydrogen (secondary N) is 1. The van der Waals surface area contributed by atoms with Gasteiger partial charge in [0.25, 0.3) is 5.91 Å². The lowest BCUT2D eigenvalue weighted by molar-refractivity contribution is 0.0651. The zero-order valence-corrected chi connectivity index (χ0v) is 13.5. The number of aromatic nitrogens is 1. The summed E-state index contributed by atoms with van der Waals surface area (Å²) in [6.07, 6.45) is 6.70. The van der Waals surface area contributed by atoms with Gasteiger partial charge in [0.05, 0.1) is 0 Å². The summed E-state index contributed by atoms with van der Waals surface area (Å²) in [4.78, 5) is 14.9. The molecule has 1 aliphatic carbocycles. The summed E-state index contributed by atoms with van der Waals surface area (Å²) < 4.78 is 3.16. The molecule has 0 bridgehead atoms. The average Bonchev–Trinajstić information content (AvgIpc) is 3.23. The van der Waals surface area contributed by atoms with Gasteiger partial charge in [0.2, 0.25) is 0 Å². The summed E-state index contributed by atoms with van der Waals surface area (Å²) in [7, 11) is 0. The first-order valence-electron chi connectivity index (χ1n) is 7.59. The molecule has 1 unspecified atom stereocenters. The van der Waals surface area contributed by atoms with E-state index in [1.165, 1.54) is 12.8 Å². The van der Waals surface area contributed by atoms with Crippen LogP contribution in [0.4, 0.5) is 0 Å². The van der Waals surface area contributed by atoms with Crippen LogP contribution in [-0.4, -0.2) is 41.1 Å². The van der Waals surface area contributed by atoms with Crippen molar-refractivity contribution in [2.45, 2.75) is 44.7 Å². The molecule has 1 saturated carbocycles. The Morgan fingerprint density at radius 3 is 2.90 bits per heavy atom. The normalized spacial score (nSPS) is 22.8. The number of halogens is 1. The highest BCUT2D eigenvalue weighted by Crippen LogP contribution is 2.38. The standard InChI is InChI=1S/C15H22BrN3O/c1-2-18(13-4-3-7-17-9-13)15(20)14-8-11(16)10-19(14)12-5-6-12/h8,10,12-13,17H,2-7,9H2,1H3. The Kier molecular flexibility index (Phi) is 4.17. The van der Waals surface area contributed by atoms with Crippen LogP contribution in [0.5, 0.6) is 0 Å². The number of carbonyl (C=O) groups is 1. The van der Waals surface area contributed by atoms with Crippen LogP contribution in [0.25, 0.3) is 0 Å². The summed E-state index contributed by atoms with van der Waals surface area (Å²) in [5, 5.41) is 3.40. The number of nitrogens with zero attached hydrogens (tertiary/aromatic N) is 2. The van der Waals surface area contributed by atoms with Crippen molar-refractivity contribution >= 4 is 21.8 Å². The Balaban J connectivity index is 1.82. The number of rotatable bonds is 4. The fraction of sp³-hybridized carbons (Fsp3) is 0.667. The van der Waals surface area contributed by atoms with E-state index in [-0.39, 0.29) is 5.91 Å². The van der Waals surface area contributed by atoms with Crippen molar-refractivity contribution in [3.8, 4) is 0 Å². The van der Waals surface area contributed by atoms with Crippen LogP contribution in [0, 0.1) is 0 Å². The molecule has 1 aliphatic heterocycles. The lowest BCUT2D eigenvalue weighted by atomic mass is 10.1. The molecule has 0 aromatic carbocycles. The molecule has 1 aromatic heterocycles. The van der Waals surface area contributed by atoms with Crippen molar-refractivity contribution in [3.05, 3.63) is 22.4 Å². The van der Waals surface area contributed by atoms with E-state index in [1.54, 1.807) is 0 Å². The number of likely N-dealkylation sites (N-methyl/N-ethyl adjacent to an activating group) is 1. The van der Waals surface area contributed by atoms with Crippen molar-refractivity contribution in [1.29, 1.82) is 0 Å². The highest BCUT2D eigenvalue weighted by Gasteiger charge is 2.31. The molecule has 2 heterocycles. The number of amides is 1. The Labute approximate surface area is 128 Å². The molecule has 0 radical (unpaired) electrons. The van der Waals surface area contributed by atoms with Crippen molar-refractivity contribution in [2.24, 2.45) is 0 Å². The monoisotopic (exact) mass is 339 g/mol. The van der Waals surface area contributed by atoms with Gasteiger partial charge in [0.1, 0.15) is 5.69 Å². The minimum absolute atomic E-state index is 0.179. The highest BCUT2D eigenvalue weighted by atomic mass is 79.9. The van der Waals surface area contributed by atoms with E-state index in [9.17, 15) is 4.79 Å². The van der Waals surface area contributed by atoms with Gasteiger partial charge in [0, 0.05) is 35.8 Å². The Bertz CT molecular complexity index is 489. The number of carbonyl (C=O) groups excluding carboxylic acids is 1. The Morgan fingerprint density at radius 1 is 1.50 bits per heavy atom. The van der Waals surface area contributed by atoms with Gasteiger partial charge >= 0.3 is 0 Å². The second kappa shape index (κ2) is 5.90. The predicted molar refractivity (Wildman–Crippen MR) is 83.0 cm³/mol. The molecule has 3 rings (SSSR count). The minimum atomic E-state index is 0.179. The van der Waals surface area contributed by atoms with E-state index < -0.39 is 0 Å². The lowest BCUT2D eigenvalue weighted by Crippen LogP contribution is -2.49. The van der Waals surface area contributed by atoms with Gasteiger partial charge in [-0.1, -0.05) is 0 Å². The van der Waals surface area contributed by atoms with Crippen LogP contribution in [0.2, 0.25) is 0 Å². The maximum atomic E-state index is 12.9. The third-order valence-corrected chi connectivity index (χ3v) is 4.72. The molecule has 4 nitrogen and oxygen atoms in total. The maximum Gasteiger partial charge on any atom is 0.270 e. The summed E-state index contributed by atoms with van der Waals surface area (Å²) in [5.41, 5.74) is 0.840. The van der Waals surface area contributed by atoms with Crippen LogP contribution in [-0.2, 0) is 0 Å². The summed E-state index contributed by atoms with van der Waals surface area (Å²) >= 11 is 3.51. The van der Waals surface area contributed by atoms with E-state index in [1.807, 2.05) is 11.0 Å². The summed E-state index contributed by atoms with van der Waals surface area (Å²) in [5.74, 6) is 0.179. The van der Waals surface area contributed by atoms with Crippen LogP contribution in [0.1, 0.15) is 49.1 Å². The quantitative estimate of drug-likeness (QED) is 0.915. The van der Waals surface area contributed by atoms with E-state index in [0.717, 1.165) is 42.6 Å². The first-order valence-corrected chi connectivity index (χ1v) is 8.39. The third kappa shape index (κ3) is 2.79. The SMILES string of the molecule is CCN(C(=O)c1cc(Br)cn1C1CC1)C1CCCNC1. The van der Waals surface area contributed by atoms with Gasteiger partial charge in [0.15, 0.2) is 0 Å². The predicted octanol–water partition coefficient (Wildman–Crippen LogP) is 2.80. The molecule has 110 valence electrons. The maximum absolute atomic E-state index is 12.9. The first kappa shape index (κ1) is 14.1. The van der Waals surface area contributed by atoms with Crippen molar-refractivity contribution < 1.29 is 4.79 Å². The minimum Gasteiger partial charge on any atom is -0.339 e. The fourth-order valence-electron chi connectivity index (χ4n) is 3.09. The van der Waals surface area contributed by atoms with E-state index in [2.05, 4.69) is 38.9 Å². The molecule has 2 fully saturated rings. The number of hydrogen-bond acceptors (Lipinski definition) is 2. The van der Waals surface area contributed by atoms with Crippen LogP contribution < -0.4 is 5.32 Å². The van der Waals surface area contributed by atoms with Crippen molar-refractivity contribution in [2.75, 3.05) is 19.6 Å². The zero-order chi connectivity index (χ0) is 14.1. The first-order chi connectivity index (χ1) is 9.70. The highest BCUT2D eigenvalue weighted by molar-refractivity contribution is 9.10. The lowest BCUT2D eigenvalue weighted by Gasteiger charge is -2.34. The Hall–Kier alpha value is -0.810. The van der Waals surface area contributed by atoms with E-state index >= 15 is 0 Å². The molecule has 2 aliphatic rings. The van der Waals surface area contributed by atoms with Gasteiger partial charge in [-0.2, -0.15) is 0 Å². The van der Waals surface area contributed by atoms with Crippen LogP contribution >= 0.6 is 15.9 Å². The molecule has 5 heteroatoms. The van der Waals surface area contributed by atoms with Crippen LogP contribution in [0.15, 0.2) is 16.7 Å². The Morgan fingerprint density at radius 2 is 2.30 bits per heavy atom. The van der Waals surface area contributed by atoms with Gasteiger partial charge < -0.3 is 14.8 Å². The van der Waals surface area contributed by atoms with E-state index in [4.69, 9.17) is 0 Å². The molecular weight excluding hydrogens is 318 g/mol. The molecule has 1 N–H and O–H groups in total. The molecule has 1 saturated heterocycles. The third-order valence-electron chi connectivity index (χ3n) is 4.29. The van der Waals surface area contributed by atoms with Gasteiger partial charge in [-0.05, 0) is 61.1 Å². The second-order valence-electron chi connectivity index (χ2n) is 5.77. The van der Waals surface area contributed by atoms with Crippen molar-refractivity contribution in [3.63, 3.8) is 0 Å². The molecule has 1 aromatic rings. The molecule has 0 spiro atoms. The second-order valence-corrected chi connectivity index (χ2v) is 6.69. The van der Waals surface area contributed by atoms with Gasteiger partial charge in [-0.15, -0.1) is 0 Å². The van der Waals surface area contributed by atoms with E-state index in [0.29, 0.717) is 12.1 Å². The fourth-order valence-corrected chi connectivity index (χ4v) is 3.52. The zero-order valence-electron chi connectivity index (χ0n) is 11.9. The molecule has 20 heavy (non-hydrogen) atoms. The molecular formula is C15H22BrN3O. The topological polar surface area (TPSA) is 37.3 Å². The number of piperidine rings is 1. The van der Waals surface area contributed by atoms with Gasteiger partial charge in [-0.25, -0.2) is 0 Å². The molecule has 1 atom stereocenters. The smallest absolute Gasteiger partial charge is 0.270 e. The van der Waals surface area contributed by atoms with Crippen molar-refractivity contribution in [1.82, 2.24) is 14.8 Å². The summed E-state index contributed by atoms with van der Waals surface area (Å²) in [6, 6.07) is 2.84. The number of hydrogen-bond donors (Lipinski definition) is 1. The van der Waals surface area contributed by atoms with Crippen LogP contribution in [0.3, 0.4) is 0 Å². The largest absolute Gasteiger partial charge is 0.339 e. The van der Waals surface area contributed by atoms with Gasteiger partial charge in [-0.3, -0.25) is 4.79 Å². The summed E-state index contributed by atoms with van der Waals surface area (Å²) in [6.45, 7) is 4.85. The molecule has 1 amide bonds.